The van der Waals surface area contributed by atoms with E-state index in [9.17, 15) is 0 Å². The number of benzene rings is 1. The van der Waals surface area contributed by atoms with Crippen LogP contribution < -0.4 is 5.32 Å². The fourth-order valence-electron chi connectivity index (χ4n) is 2.79. The van der Waals surface area contributed by atoms with Gasteiger partial charge in [0.1, 0.15) is 0 Å². The van der Waals surface area contributed by atoms with Crippen LogP contribution in [0.5, 0.6) is 0 Å². The van der Waals surface area contributed by atoms with E-state index < -0.39 is 0 Å². The highest BCUT2D eigenvalue weighted by Gasteiger charge is 2.39. The molecule has 0 bridgehead atoms. The Morgan fingerprint density at radius 2 is 2.00 bits per heavy atom. The first-order valence-corrected chi connectivity index (χ1v) is 7.40. The Labute approximate surface area is 117 Å². The van der Waals surface area contributed by atoms with Gasteiger partial charge in [-0.05, 0) is 36.6 Å². The molecule has 3 rings (SSSR count). The van der Waals surface area contributed by atoms with Gasteiger partial charge in [0.15, 0.2) is 0 Å². The number of hydrogen-bond donors (Lipinski definition) is 1. The van der Waals surface area contributed by atoms with Crippen LogP contribution in [-0.4, -0.2) is 13.1 Å². The van der Waals surface area contributed by atoms with Crippen LogP contribution in [0, 0.1) is 6.92 Å². The summed E-state index contributed by atoms with van der Waals surface area (Å²) in [5, 5.41) is 3.43. The summed E-state index contributed by atoms with van der Waals surface area (Å²) in [5.41, 5.74) is 3.13. The van der Waals surface area contributed by atoms with Crippen molar-refractivity contribution in [1.29, 1.82) is 0 Å². The van der Waals surface area contributed by atoms with Crippen LogP contribution in [0.4, 0.5) is 0 Å². The molecule has 1 fully saturated rings. The molecule has 0 unspecified atom stereocenters. The average Bonchev–Trinajstić information content (AvgIpc) is 2.71. The first-order chi connectivity index (χ1) is 8.70. The Morgan fingerprint density at radius 3 is 2.56 bits per heavy atom. The van der Waals surface area contributed by atoms with E-state index in [4.69, 9.17) is 11.6 Å². The first-order valence-electron chi connectivity index (χ1n) is 6.21. The number of hydrogen-bond acceptors (Lipinski definition) is 2. The molecule has 2 heterocycles. The molecule has 18 heavy (non-hydrogen) atoms. The van der Waals surface area contributed by atoms with Gasteiger partial charge < -0.3 is 5.32 Å². The largest absolute Gasteiger partial charge is 0.315 e. The number of aryl methyl sites for hydroxylation is 1. The highest BCUT2D eigenvalue weighted by molar-refractivity contribution is 7.16. The van der Waals surface area contributed by atoms with Crippen molar-refractivity contribution < 1.29 is 0 Å². The third-order valence-corrected chi connectivity index (χ3v) is 5.02. The highest BCUT2D eigenvalue weighted by atomic mass is 35.5. The third kappa shape index (κ3) is 2.09. The summed E-state index contributed by atoms with van der Waals surface area (Å²) in [6, 6.07) is 12.9. The maximum absolute atomic E-state index is 6.03. The Morgan fingerprint density at radius 1 is 1.22 bits per heavy atom. The molecule has 0 spiro atoms. The molecule has 1 aromatic heterocycles. The fraction of sp³-hybridized carbons (Fsp3) is 0.333. The smallest absolute Gasteiger partial charge is 0.0931 e. The van der Waals surface area contributed by atoms with E-state index in [0.717, 1.165) is 23.8 Å². The van der Waals surface area contributed by atoms with Crippen LogP contribution >= 0.6 is 22.9 Å². The van der Waals surface area contributed by atoms with Crippen LogP contribution in [-0.2, 0) is 11.8 Å². The lowest BCUT2D eigenvalue weighted by atomic mass is 9.71. The zero-order valence-corrected chi connectivity index (χ0v) is 11.9. The van der Waals surface area contributed by atoms with E-state index in [1.54, 1.807) is 11.3 Å². The fourth-order valence-corrected chi connectivity index (χ4v) is 4.02. The molecular weight excluding hydrogens is 262 g/mol. The van der Waals surface area contributed by atoms with E-state index in [1.165, 1.54) is 16.0 Å². The van der Waals surface area contributed by atoms with Crippen LogP contribution in [0.25, 0.3) is 0 Å². The lowest BCUT2D eigenvalue weighted by molar-refractivity contribution is 0.275. The molecule has 1 nitrogen and oxygen atoms in total. The summed E-state index contributed by atoms with van der Waals surface area (Å²) in [6.45, 7) is 4.33. The van der Waals surface area contributed by atoms with E-state index >= 15 is 0 Å². The normalized spacial score (nSPS) is 17.4. The average molecular weight is 278 g/mol. The van der Waals surface area contributed by atoms with Gasteiger partial charge in [-0.3, -0.25) is 0 Å². The minimum absolute atomic E-state index is 0.263. The van der Waals surface area contributed by atoms with Crippen molar-refractivity contribution in [3.63, 3.8) is 0 Å². The van der Waals surface area contributed by atoms with E-state index in [2.05, 4.69) is 42.6 Å². The lowest BCUT2D eigenvalue weighted by Gasteiger charge is -2.44. The molecule has 0 saturated carbocycles. The first kappa shape index (κ1) is 12.2. The molecule has 0 atom stereocenters. The second-order valence-corrected chi connectivity index (χ2v) is 6.88. The number of rotatable bonds is 3. The topological polar surface area (TPSA) is 12.0 Å². The molecular formula is C15H16ClNS. The molecule has 1 aliphatic heterocycles. The monoisotopic (exact) mass is 277 g/mol. The molecule has 3 heteroatoms. The van der Waals surface area contributed by atoms with Gasteiger partial charge in [0, 0.05) is 23.4 Å². The van der Waals surface area contributed by atoms with Crippen LogP contribution in [0.1, 0.15) is 16.0 Å². The molecule has 0 amide bonds. The van der Waals surface area contributed by atoms with Crippen LogP contribution in [0.15, 0.2) is 36.4 Å². The number of thiophene rings is 1. The summed E-state index contributed by atoms with van der Waals surface area (Å²) in [5.74, 6) is 0. The molecule has 94 valence electrons. The van der Waals surface area contributed by atoms with Gasteiger partial charge in [0.05, 0.1) is 4.34 Å². The summed E-state index contributed by atoms with van der Waals surface area (Å²) in [7, 11) is 0. The van der Waals surface area contributed by atoms with Gasteiger partial charge in [-0.15, -0.1) is 11.3 Å². The zero-order chi connectivity index (χ0) is 12.6. The van der Waals surface area contributed by atoms with Crippen LogP contribution in [0.2, 0.25) is 4.34 Å². The molecule has 0 radical (unpaired) electrons. The van der Waals surface area contributed by atoms with Crippen molar-refractivity contribution in [2.45, 2.75) is 18.8 Å². The SMILES string of the molecule is Cc1ccccc1C1(Cc2ccc(Cl)s2)CNC1. The van der Waals surface area contributed by atoms with E-state index in [1.807, 2.05) is 6.07 Å². The van der Waals surface area contributed by atoms with Crippen molar-refractivity contribution in [2.24, 2.45) is 0 Å². The summed E-state index contributed by atoms with van der Waals surface area (Å²) in [6.07, 6.45) is 1.09. The van der Waals surface area contributed by atoms with Gasteiger partial charge >= 0.3 is 0 Å². The second-order valence-electron chi connectivity index (χ2n) is 5.08. The minimum atomic E-state index is 0.263. The Kier molecular flexibility index (Phi) is 3.18. The highest BCUT2D eigenvalue weighted by Crippen LogP contribution is 2.36. The third-order valence-electron chi connectivity index (χ3n) is 3.78. The summed E-state index contributed by atoms with van der Waals surface area (Å²) < 4.78 is 0.886. The number of halogens is 1. The maximum atomic E-state index is 6.03. The van der Waals surface area contributed by atoms with Crippen molar-refractivity contribution >= 4 is 22.9 Å². The van der Waals surface area contributed by atoms with Crippen molar-refractivity contribution in [3.8, 4) is 0 Å². The maximum Gasteiger partial charge on any atom is 0.0931 e. The second kappa shape index (κ2) is 4.69. The summed E-state index contributed by atoms with van der Waals surface area (Å²) in [4.78, 5) is 1.38. The molecule has 2 aromatic rings. The van der Waals surface area contributed by atoms with Gasteiger partial charge in [-0.25, -0.2) is 0 Å². The Bertz CT molecular complexity index is 557. The van der Waals surface area contributed by atoms with E-state index in [-0.39, 0.29) is 5.41 Å². The molecule has 1 N–H and O–H groups in total. The molecule has 1 saturated heterocycles. The lowest BCUT2D eigenvalue weighted by Crippen LogP contribution is -2.58. The Balaban J connectivity index is 1.93. The molecule has 1 aliphatic rings. The predicted molar refractivity (Wildman–Crippen MR) is 78.8 cm³/mol. The van der Waals surface area contributed by atoms with Gasteiger partial charge in [-0.1, -0.05) is 35.9 Å². The number of nitrogens with one attached hydrogen (secondary N) is 1. The Hall–Kier alpha value is -0.830. The minimum Gasteiger partial charge on any atom is -0.315 e. The van der Waals surface area contributed by atoms with Crippen molar-refractivity contribution in [2.75, 3.05) is 13.1 Å². The van der Waals surface area contributed by atoms with Crippen molar-refractivity contribution in [3.05, 3.63) is 56.7 Å². The predicted octanol–water partition coefficient (Wildman–Crippen LogP) is 3.79. The van der Waals surface area contributed by atoms with E-state index in [0.29, 0.717) is 0 Å². The van der Waals surface area contributed by atoms with Gasteiger partial charge in [0.25, 0.3) is 0 Å². The van der Waals surface area contributed by atoms with Gasteiger partial charge in [0.2, 0.25) is 0 Å². The molecule has 1 aromatic carbocycles. The zero-order valence-electron chi connectivity index (χ0n) is 10.4. The van der Waals surface area contributed by atoms with Crippen molar-refractivity contribution in [1.82, 2.24) is 5.32 Å². The molecule has 0 aliphatic carbocycles. The standard InChI is InChI=1S/C15H16ClNS/c1-11-4-2-3-5-13(11)15(9-17-10-15)8-12-6-7-14(16)18-12/h2-7,17H,8-10H2,1H3. The van der Waals surface area contributed by atoms with Gasteiger partial charge in [-0.2, -0.15) is 0 Å². The summed E-state index contributed by atoms with van der Waals surface area (Å²) >= 11 is 7.73. The quantitative estimate of drug-likeness (QED) is 0.900. The van der Waals surface area contributed by atoms with Crippen LogP contribution in [0.3, 0.4) is 0 Å².